The fraction of sp³-hybridized carbons (Fsp3) is 0.182. The molecule has 5 nitrogen and oxygen atoms in total. The van der Waals surface area contributed by atoms with Crippen molar-refractivity contribution in [3.05, 3.63) is 77.6 Å². The molecule has 5 heteroatoms. The normalized spacial score (nSPS) is 10.3. The molecule has 3 aromatic rings. The highest BCUT2D eigenvalue weighted by Gasteiger charge is 2.11. The molecule has 0 bridgehead atoms. The number of aryl methyl sites for hydroxylation is 2. The minimum atomic E-state index is -0.237. The maximum atomic E-state index is 12.6. The number of hydrogen-bond acceptors (Lipinski definition) is 4. The number of nitrogens with one attached hydrogen (secondary N) is 2. The number of hydrogen-bond donors (Lipinski definition) is 2. The molecule has 0 saturated heterocycles. The Morgan fingerprint density at radius 2 is 1.74 bits per heavy atom. The van der Waals surface area contributed by atoms with Crippen LogP contribution in [0.25, 0.3) is 0 Å². The summed E-state index contributed by atoms with van der Waals surface area (Å²) >= 11 is 0. The molecule has 0 aliphatic heterocycles. The average molecular weight is 361 g/mol. The molecule has 0 aliphatic carbocycles. The summed E-state index contributed by atoms with van der Waals surface area (Å²) in [5.74, 6) is 0.407. The van der Waals surface area contributed by atoms with E-state index in [4.69, 9.17) is 4.74 Å². The van der Waals surface area contributed by atoms with Crippen LogP contribution in [0.5, 0.6) is 5.75 Å². The summed E-state index contributed by atoms with van der Waals surface area (Å²) in [6.45, 7) is 6.54. The van der Waals surface area contributed by atoms with Gasteiger partial charge in [0.15, 0.2) is 0 Å². The lowest BCUT2D eigenvalue weighted by Crippen LogP contribution is -2.13. The van der Waals surface area contributed by atoms with Gasteiger partial charge in [-0.1, -0.05) is 18.2 Å². The first-order chi connectivity index (χ1) is 13.0. The predicted molar refractivity (Wildman–Crippen MR) is 109 cm³/mol. The van der Waals surface area contributed by atoms with Crippen LogP contribution in [0.2, 0.25) is 0 Å². The third kappa shape index (κ3) is 4.85. The summed E-state index contributed by atoms with van der Waals surface area (Å²) in [4.78, 5) is 16.8. The van der Waals surface area contributed by atoms with Gasteiger partial charge in [0.2, 0.25) is 0 Å². The molecule has 0 aliphatic rings. The Morgan fingerprint density at radius 3 is 2.48 bits per heavy atom. The summed E-state index contributed by atoms with van der Waals surface area (Å²) in [7, 11) is 0. The maximum absolute atomic E-state index is 12.6. The molecule has 2 aromatic carbocycles. The molecule has 0 saturated carbocycles. The average Bonchev–Trinajstić information content (AvgIpc) is 2.63. The molecule has 138 valence electrons. The first-order valence-corrected chi connectivity index (χ1v) is 8.88. The van der Waals surface area contributed by atoms with Crippen molar-refractivity contribution in [3.8, 4) is 5.75 Å². The van der Waals surface area contributed by atoms with Gasteiger partial charge in [0, 0.05) is 11.9 Å². The molecular weight excluding hydrogens is 338 g/mol. The largest absolute Gasteiger partial charge is 0.492 e. The first-order valence-electron chi connectivity index (χ1n) is 8.88. The highest BCUT2D eigenvalue weighted by atomic mass is 16.5. The molecule has 1 amide bonds. The fourth-order valence-corrected chi connectivity index (χ4v) is 2.89. The van der Waals surface area contributed by atoms with Gasteiger partial charge in [-0.15, -0.1) is 0 Å². The number of rotatable bonds is 6. The van der Waals surface area contributed by atoms with Crippen LogP contribution in [0.15, 0.2) is 60.9 Å². The standard InChI is InChI=1S/C22H23N3O2/c1-4-27-21-8-6-5-7-20(21)25-22(26)17-12-19(14-23-13-17)24-18-10-15(2)9-16(3)11-18/h5-14,24H,4H2,1-3H3,(H,25,26). The van der Waals surface area contributed by atoms with Gasteiger partial charge in [-0.3, -0.25) is 9.78 Å². The van der Waals surface area contributed by atoms with Crippen molar-refractivity contribution in [2.45, 2.75) is 20.8 Å². The van der Waals surface area contributed by atoms with Crippen molar-refractivity contribution in [2.24, 2.45) is 0 Å². The predicted octanol–water partition coefficient (Wildman–Crippen LogP) is 5.09. The highest BCUT2D eigenvalue weighted by Crippen LogP contribution is 2.25. The van der Waals surface area contributed by atoms with E-state index >= 15 is 0 Å². The van der Waals surface area contributed by atoms with E-state index in [-0.39, 0.29) is 5.91 Å². The second kappa shape index (κ2) is 8.36. The van der Waals surface area contributed by atoms with Crippen molar-refractivity contribution in [2.75, 3.05) is 17.2 Å². The van der Waals surface area contributed by atoms with Gasteiger partial charge in [0.1, 0.15) is 5.75 Å². The monoisotopic (exact) mass is 361 g/mol. The Morgan fingerprint density at radius 1 is 1.00 bits per heavy atom. The zero-order valence-electron chi connectivity index (χ0n) is 15.7. The minimum Gasteiger partial charge on any atom is -0.492 e. The lowest BCUT2D eigenvalue weighted by atomic mass is 10.1. The van der Waals surface area contributed by atoms with Crippen LogP contribution in [0.3, 0.4) is 0 Å². The quantitative estimate of drug-likeness (QED) is 0.642. The van der Waals surface area contributed by atoms with E-state index in [0.717, 1.165) is 11.4 Å². The van der Waals surface area contributed by atoms with Crippen molar-refractivity contribution in [1.29, 1.82) is 0 Å². The van der Waals surface area contributed by atoms with Gasteiger partial charge in [-0.05, 0) is 62.2 Å². The van der Waals surface area contributed by atoms with E-state index in [0.29, 0.717) is 23.6 Å². The number of aromatic nitrogens is 1. The van der Waals surface area contributed by atoms with E-state index < -0.39 is 0 Å². The lowest BCUT2D eigenvalue weighted by Gasteiger charge is -2.12. The topological polar surface area (TPSA) is 63.2 Å². The van der Waals surface area contributed by atoms with E-state index in [1.165, 1.54) is 11.1 Å². The fourth-order valence-electron chi connectivity index (χ4n) is 2.89. The van der Waals surface area contributed by atoms with Crippen LogP contribution in [0.4, 0.5) is 17.1 Å². The van der Waals surface area contributed by atoms with Gasteiger partial charge in [0.25, 0.3) is 5.91 Å². The van der Waals surface area contributed by atoms with Crippen LogP contribution in [0.1, 0.15) is 28.4 Å². The molecule has 0 fully saturated rings. The number of para-hydroxylation sites is 2. The van der Waals surface area contributed by atoms with Crippen molar-refractivity contribution in [1.82, 2.24) is 4.98 Å². The molecule has 0 atom stereocenters. The van der Waals surface area contributed by atoms with Crippen LogP contribution in [-0.2, 0) is 0 Å². The molecule has 1 heterocycles. The van der Waals surface area contributed by atoms with Gasteiger partial charge in [0.05, 0.1) is 29.7 Å². The van der Waals surface area contributed by atoms with E-state index in [1.807, 2.05) is 31.2 Å². The molecule has 1 aromatic heterocycles. The Kier molecular flexibility index (Phi) is 5.71. The third-order valence-corrected chi connectivity index (χ3v) is 3.95. The maximum Gasteiger partial charge on any atom is 0.257 e. The molecule has 27 heavy (non-hydrogen) atoms. The number of amides is 1. The summed E-state index contributed by atoms with van der Waals surface area (Å²) < 4.78 is 5.56. The molecule has 2 N–H and O–H groups in total. The highest BCUT2D eigenvalue weighted by molar-refractivity contribution is 6.05. The van der Waals surface area contributed by atoms with Gasteiger partial charge in [-0.2, -0.15) is 0 Å². The zero-order chi connectivity index (χ0) is 19.2. The van der Waals surface area contributed by atoms with Crippen molar-refractivity contribution < 1.29 is 9.53 Å². The Bertz CT molecular complexity index is 934. The molecule has 0 unspecified atom stereocenters. The summed E-state index contributed by atoms with van der Waals surface area (Å²) in [6, 6.07) is 15.4. The SMILES string of the molecule is CCOc1ccccc1NC(=O)c1cncc(Nc2cc(C)cc(C)c2)c1. The molecule has 3 rings (SSSR count). The first kappa shape index (κ1) is 18.5. The van der Waals surface area contributed by atoms with Gasteiger partial charge < -0.3 is 15.4 Å². The Balaban J connectivity index is 1.78. The number of carbonyl (C=O) groups excluding carboxylic acids is 1. The Hall–Kier alpha value is -3.34. The van der Waals surface area contributed by atoms with Crippen LogP contribution >= 0.6 is 0 Å². The van der Waals surface area contributed by atoms with E-state index in [9.17, 15) is 4.79 Å². The number of benzene rings is 2. The third-order valence-electron chi connectivity index (χ3n) is 3.95. The Labute approximate surface area is 159 Å². The smallest absolute Gasteiger partial charge is 0.257 e. The van der Waals surface area contributed by atoms with Crippen LogP contribution in [-0.4, -0.2) is 17.5 Å². The summed E-state index contributed by atoms with van der Waals surface area (Å²) in [5, 5.41) is 6.20. The number of anilines is 3. The van der Waals surface area contributed by atoms with Crippen LogP contribution in [0, 0.1) is 13.8 Å². The molecule has 0 radical (unpaired) electrons. The van der Waals surface area contributed by atoms with Crippen LogP contribution < -0.4 is 15.4 Å². The summed E-state index contributed by atoms with van der Waals surface area (Å²) in [5.41, 5.74) is 5.17. The van der Waals surface area contributed by atoms with Crippen molar-refractivity contribution in [3.63, 3.8) is 0 Å². The second-order valence-electron chi connectivity index (χ2n) is 6.35. The van der Waals surface area contributed by atoms with Crippen molar-refractivity contribution >= 4 is 23.0 Å². The molecular formula is C22H23N3O2. The van der Waals surface area contributed by atoms with E-state index in [1.54, 1.807) is 18.5 Å². The number of nitrogens with zero attached hydrogens (tertiary/aromatic N) is 1. The number of ether oxygens (including phenoxy) is 1. The lowest BCUT2D eigenvalue weighted by molar-refractivity contribution is 0.102. The number of carbonyl (C=O) groups is 1. The number of pyridine rings is 1. The second-order valence-corrected chi connectivity index (χ2v) is 6.35. The van der Waals surface area contributed by atoms with Gasteiger partial charge >= 0.3 is 0 Å². The zero-order valence-corrected chi connectivity index (χ0v) is 15.7. The molecule has 0 spiro atoms. The van der Waals surface area contributed by atoms with Gasteiger partial charge in [-0.25, -0.2) is 0 Å². The minimum absolute atomic E-state index is 0.237. The van der Waals surface area contributed by atoms with E-state index in [2.05, 4.69) is 47.7 Å². The summed E-state index contributed by atoms with van der Waals surface area (Å²) in [6.07, 6.45) is 3.24.